The van der Waals surface area contributed by atoms with E-state index < -0.39 is 0 Å². The Morgan fingerprint density at radius 1 is 1.04 bits per heavy atom. The van der Waals surface area contributed by atoms with Crippen LogP contribution in [0.5, 0.6) is 0 Å². The number of hydrazone groups is 1. The van der Waals surface area contributed by atoms with Gasteiger partial charge in [-0.3, -0.25) is 15.2 Å². The van der Waals surface area contributed by atoms with E-state index in [1.165, 1.54) is 19.3 Å². The van der Waals surface area contributed by atoms with Gasteiger partial charge in [-0.05, 0) is 31.0 Å². The third-order valence-electron chi connectivity index (χ3n) is 4.37. The van der Waals surface area contributed by atoms with Gasteiger partial charge in [-0.25, -0.2) is 5.01 Å². The molecule has 130 valence electrons. The SMILES string of the molecule is O=C(NN1CCCCCCC1)C1=NN(c2ccc(Cl)cc2Cl)CC1. The fraction of sp³-hybridized carbons (Fsp3) is 0.529. The molecule has 1 saturated heterocycles. The molecule has 1 N–H and O–H groups in total. The lowest BCUT2D eigenvalue weighted by atomic mass is 10.1. The first-order valence-corrected chi connectivity index (χ1v) is 9.25. The Bertz CT molecular complexity index is 627. The lowest BCUT2D eigenvalue weighted by molar-refractivity contribution is -0.119. The van der Waals surface area contributed by atoms with Crippen LogP contribution in [0.1, 0.15) is 38.5 Å². The molecule has 0 spiro atoms. The van der Waals surface area contributed by atoms with E-state index in [4.69, 9.17) is 23.2 Å². The Morgan fingerprint density at radius 2 is 1.75 bits per heavy atom. The summed E-state index contributed by atoms with van der Waals surface area (Å²) in [5.41, 5.74) is 4.32. The summed E-state index contributed by atoms with van der Waals surface area (Å²) in [7, 11) is 0. The van der Waals surface area contributed by atoms with Crippen LogP contribution in [0.15, 0.2) is 23.3 Å². The van der Waals surface area contributed by atoms with Gasteiger partial charge in [-0.1, -0.05) is 42.5 Å². The lowest BCUT2D eigenvalue weighted by Crippen LogP contribution is -2.46. The molecule has 24 heavy (non-hydrogen) atoms. The molecule has 2 aliphatic rings. The van der Waals surface area contributed by atoms with Crippen molar-refractivity contribution < 1.29 is 4.79 Å². The zero-order valence-corrected chi connectivity index (χ0v) is 15.1. The maximum absolute atomic E-state index is 12.5. The second kappa shape index (κ2) is 8.19. The molecule has 1 aromatic carbocycles. The van der Waals surface area contributed by atoms with E-state index in [2.05, 4.69) is 10.5 Å². The van der Waals surface area contributed by atoms with Crippen LogP contribution < -0.4 is 10.4 Å². The summed E-state index contributed by atoms with van der Waals surface area (Å²) in [5, 5.41) is 9.36. The first kappa shape index (κ1) is 17.5. The number of hydrogen-bond acceptors (Lipinski definition) is 4. The van der Waals surface area contributed by atoms with Crippen LogP contribution in [0.3, 0.4) is 0 Å². The Balaban J connectivity index is 1.63. The van der Waals surface area contributed by atoms with E-state index in [0.29, 0.717) is 28.7 Å². The predicted octanol–water partition coefficient (Wildman–Crippen LogP) is 3.86. The highest BCUT2D eigenvalue weighted by molar-refractivity contribution is 6.40. The lowest BCUT2D eigenvalue weighted by Gasteiger charge is -2.24. The molecule has 0 unspecified atom stereocenters. The number of carbonyl (C=O) groups excluding carboxylic acids is 1. The molecular formula is C17H22Cl2N4O. The smallest absolute Gasteiger partial charge is 0.281 e. The van der Waals surface area contributed by atoms with Crippen molar-refractivity contribution in [1.82, 2.24) is 10.4 Å². The topological polar surface area (TPSA) is 47.9 Å². The average Bonchev–Trinajstić information content (AvgIpc) is 2.99. The third kappa shape index (κ3) is 4.41. The van der Waals surface area contributed by atoms with Crippen molar-refractivity contribution in [3.63, 3.8) is 0 Å². The summed E-state index contributed by atoms with van der Waals surface area (Å²) in [6, 6.07) is 5.29. The molecule has 0 saturated carbocycles. The van der Waals surface area contributed by atoms with E-state index in [-0.39, 0.29) is 5.91 Å². The first-order valence-electron chi connectivity index (χ1n) is 8.49. The number of benzene rings is 1. The standard InChI is InChI=1S/C17H22Cl2N4O/c18-13-6-7-16(14(19)12-13)23-11-8-15(20-23)17(24)21-22-9-4-2-1-3-5-10-22/h6-7,12H,1-5,8-11H2,(H,21,24). The molecular weight excluding hydrogens is 347 g/mol. The molecule has 2 heterocycles. The van der Waals surface area contributed by atoms with Crippen LogP contribution in [0.25, 0.3) is 0 Å². The van der Waals surface area contributed by atoms with Crippen LogP contribution >= 0.6 is 23.2 Å². The summed E-state index contributed by atoms with van der Waals surface area (Å²) in [6.45, 7) is 2.46. The van der Waals surface area contributed by atoms with Gasteiger partial charge in [0.25, 0.3) is 5.91 Å². The molecule has 1 amide bonds. The molecule has 5 nitrogen and oxygen atoms in total. The summed E-state index contributed by atoms with van der Waals surface area (Å²) in [4.78, 5) is 12.5. The first-order chi connectivity index (χ1) is 11.6. The van der Waals surface area contributed by atoms with Gasteiger partial charge in [0.1, 0.15) is 5.71 Å². The maximum Gasteiger partial charge on any atom is 0.281 e. The minimum Gasteiger partial charge on any atom is -0.284 e. The van der Waals surface area contributed by atoms with Crippen molar-refractivity contribution in [1.29, 1.82) is 0 Å². The van der Waals surface area contributed by atoms with Gasteiger partial charge in [0.05, 0.1) is 10.7 Å². The predicted molar refractivity (Wildman–Crippen MR) is 98.7 cm³/mol. The number of nitrogens with one attached hydrogen (secondary N) is 1. The number of hydrazine groups is 1. The Hall–Kier alpha value is -1.30. The molecule has 0 radical (unpaired) electrons. The minimum atomic E-state index is -0.108. The molecule has 2 aliphatic heterocycles. The van der Waals surface area contributed by atoms with Crippen molar-refractivity contribution in [2.24, 2.45) is 5.10 Å². The highest BCUT2D eigenvalue weighted by atomic mass is 35.5. The van der Waals surface area contributed by atoms with E-state index in [0.717, 1.165) is 31.6 Å². The Labute approximate surface area is 152 Å². The van der Waals surface area contributed by atoms with E-state index in [9.17, 15) is 4.79 Å². The Morgan fingerprint density at radius 3 is 2.46 bits per heavy atom. The number of anilines is 1. The van der Waals surface area contributed by atoms with Crippen molar-refractivity contribution in [3.8, 4) is 0 Å². The number of nitrogens with zero attached hydrogens (tertiary/aromatic N) is 3. The number of halogens is 2. The minimum absolute atomic E-state index is 0.108. The van der Waals surface area contributed by atoms with Crippen molar-refractivity contribution in [2.75, 3.05) is 24.6 Å². The van der Waals surface area contributed by atoms with Crippen molar-refractivity contribution in [3.05, 3.63) is 28.2 Å². The van der Waals surface area contributed by atoms with Crippen LogP contribution in [0.2, 0.25) is 10.0 Å². The summed E-state index contributed by atoms with van der Waals surface area (Å²) in [6.07, 6.45) is 6.62. The number of amides is 1. The molecule has 0 aromatic heterocycles. The summed E-state index contributed by atoms with van der Waals surface area (Å²) in [5.74, 6) is -0.108. The molecule has 0 aliphatic carbocycles. The zero-order chi connectivity index (χ0) is 16.9. The van der Waals surface area contributed by atoms with Crippen molar-refractivity contribution in [2.45, 2.75) is 38.5 Å². The van der Waals surface area contributed by atoms with E-state index in [1.807, 2.05) is 11.1 Å². The van der Waals surface area contributed by atoms with Crippen LogP contribution in [0, 0.1) is 0 Å². The third-order valence-corrected chi connectivity index (χ3v) is 4.91. The maximum atomic E-state index is 12.5. The van der Waals surface area contributed by atoms with Gasteiger partial charge in [-0.15, -0.1) is 0 Å². The van der Waals surface area contributed by atoms with E-state index >= 15 is 0 Å². The zero-order valence-electron chi connectivity index (χ0n) is 13.6. The fourth-order valence-corrected chi connectivity index (χ4v) is 3.55. The van der Waals surface area contributed by atoms with E-state index in [1.54, 1.807) is 17.1 Å². The molecule has 1 fully saturated rings. The highest BCUT2D eigenvalue weighted by Crippen LogP contribution is 2.30. The number of hydrogen-bond donors (Lipinski definition) is 1. The summed E-state index contributed by atoms with van der Waals surface area (Å²) < 4.78 is 0. The second-order valence-corrected chi connectivity index (χ2v) is 7.05. The largest absolute Gasteiger partial charge is 0.284 e. The quantitative estimate of drug-likeness (QED) is 0.880. The van der Waals surface area contributed by atoms with Gasteiger partial charge >= 0.3 is 0 Å². The Kier molecular flexibility index (Phi) is 5.98. The molecule has 0 atom stereocenters. The fourth-order valence-electron chi connectivity index (χ4n) is 3.05. The number of carbonyl (C=O) groups is 1. The molecule has 3 rings (SSSR count). The van der Waals surface area contributed by atoms with Gasteiger partial charge < -0.3 is 0 Å². The molecule has 1 aromatic rings. The van der Waals surface area contributed by atoms with Gasteiger partial charge in [0.2, 0.25) is 0 Å². The average molecular weight is 369 g/mol. The molecule has 7 heteroatoms. The van der Waals surface area contributed by atoms with Gasteiger partial charge in [-0.2, -0.15) is 5.10 Å². The highest BCUT2D eigenvalue weighted by Gasteiger charge is 2.24. The molecule has 0 bridgehead atoms. The van der Waals surface area contributed by atoms with Crippen LogP contribution in [-0.2, 0) is 4.79 Å². The van der Waals surface area contributed by atoms with Crippen LogP contribution in [0.4, 0.5) is 5.69 Å². The van der Waals surface area contributed by atoms with Gasteiger partial charge in [0, 0.05) is 31.1 Å². The number of rotatable bonds is 3. The van der Waals surface area contributed by atoms with Crippen molar-refractivity contribution >= 4 is 40.5 Å². The van der Waals surface area contributed by atoms with Gasteiger partial charge in [0.15, 0.2) is 0 Å². The van der Waals surface area contributed by atoms with Crippen LogP contribution in [-0.4, -0.2) is 36.3 Å². The monoisotopic (exact) mass is 368 g/mol. The normalized spacial score (nSPS) is 19.6. The summed E-state index contributed by atoms with van der Waals surface area (Å²) >= 11 is 12.1. The second-order valence-electron chi connectivity index (χ2n) is 6.21.